The number of amides is 2. The molecular weight excluding hydrogens is 432 g/mol. The fourth-order valence-electron chi connectivity index (χ4n) is 5.50. The van der Waals surface area contributed by atoms with Crippen LogP contribution >= 0.6 is 0 Å². The lowest BCUT2D eigenvalue weighted by Crippen LogP contribution is -2.56. The smallest absolute Gasteiger partial charge is 0.326 e. The highest BCUT2D eigenvalue weighted by Crippen LogP contribution is 2.51. The molecule has 4 atom stereocenters. The highest BCUT2D eigenvalue weighted by Gasteiger charge is 2.68. The monoisotopic (exact) mass is 462 g/mol. The molecule has 3 unspecified atom stereocenters. The zero-order valence-electron chi connectivity index (χ0n) is 20.1. The Bertz CT molecular complexity index is 1140. The van der Waals surface area contributed by atoms with Crippen molar-refractivity contribution in [2.45, 2.75) is 38.8 Å². The van der Waals surface area contributed by atoms with Crippen LogP contribution in [0.15, 0.2) is 48.5 Å². The molecule has 0 aromatic heterocycles. The molecule has 0 spiro atoms. The summed E-state index contributed by atoms with van der Waals surface area (Å²) in [4.78, 5) is 52.0. The maximum absolute atomic E-state index is 13.1. The van der Waals surface area contributed by atoms with Gasteiger partial charge in [-0.05, 0) is 36.0 Å². The summed E-state index contributed by atoms with van der Waals surface area (Å²) in [5.41, 5.74) is 2.13. The maximum atomic E-state index is 13.1. The number of nitrogens with one attached hydrogen (secondary N) is 1. The average molecular weight is 463 g/mol. The number of ketones is 1. The molecule has 2 aliphatic rings. The summed E-state index contributed by atoms with van der Waals surface area (Å²) in [6, 6.07) is 14.6. The van der Waals surface area contributed by atoms with Gasteiger partial charge >= 0.3 is 5.97 Å². The van der Waals surface area contributed by atoms with Crippen molar-refractivity contribution in [3.63, 3.8) is 0 Å². The molecule has 0 bridgehead atoms. The molecule has 0 aliphatic carbocycles. The molecular formula is C27H30N2O5. The number of fused-ring (bicyclic) bond motifs is 1. The van der Waals surface area contributed by atoms with Crippen molar-refractivity contribution in [1.29, 1.82) is 0 Å². The Hall–Kier alpha value is -3.32. The minimum atomic E-state index is -1.27. The Morgan fingerprint density at radius 3 is 2.06 bits per heavy atom. The first kappa shape index (κ1) is 23.8. The predicted octanol–water partition coefficient (Wildman–Crippen LogP) is 3.39. The summed E-state index contributed by atoms with van der Waals surface area (Å²) in [6.07, 6.45) is 0.380. The van der Waals surface area contributed by atoms with Gasteiger partial charge in [-0.15, -0.1) is 0 Å². The zero-order chi connectivity index (χ0) is 24.8. The number of likely N-dealkylation sites (tertiary alicyclic amines) is 1. The molecule has 2 heterocycles. The van der Waals surface area contributed by atoms with E-state index in [4.69, 9.17) is 4.74 Å². The van der Waals surface area contributed by atoms with E-state index in [1.165, 1.54) is 21.1 Å². The van der Waals surface area contributed by atoms with Crippen molar-refractivity contribution in [3.8, 4) is 11.1 Å². The zero-order valence-corrected chi connectivity index (χ0v) is 20.1. The van der Waals surface area contributed by atoms with E-state index in [1.54, 1.807) is 12.1 Å². The van der Waals surface area contributed by atoms with Gasteiger partial charge in [-0.2, -0.15) is 0 Å². The SMILES string of the molecule is COC(=O)[C@]1(CC(C)C)NC(c2ccc(-c3ccc(C(C)=O)cc3)cc2)C2C(=O)N(C)C(=O)C21. The van der Waals surface area contributed by atoms with Crippen LogP contribution < -0.4 is 5.32 Å². The third kappa shape index (κ3) is 3.74. The largest absolute Gasteiger partial charge is 0.468 e. The van der Waals surface area contributed by atoms with Crippen LogP contribution in [0.3, 0.4) is 0 Å². The van der Waals surface area contributed by atoms with E-state index in [0.29, 0.717) is 12.0 Å². The standard InChI is InChI=1S/C27H30N2O5/c1-15(2)14-27(26(33)34-5)22-21(24(31)29(4)25(22)32)23(28-27)20-12-10-19(11-13-20)18-8-6-17(7-9-18)16(3)30/h6-13,15,21-23,28H,14H2,1-5H3/t21?,22?,23?,27-/m1/s1. The predicted molar refractivity (Wildman–Crippen MR) is 127 cm³/mol. The molecule has 0 radical (unpaired) electrons. The number of hydrogen-bond acceptors (Lipinski definition) is 6. The lowest BCUT2D eigenvalue weighted by Gasteiger charge is -2.33. The van der Waals surface area contributed by atoms with Gasteiger partial charge in [-0.1, -0.05) is 62.4 Å². The second-order valence-electron chi connectivity index (χ2n) is 9.68. The minimum Gasteiger partial charge on any atom is -0.468 e. The van der Waals surface area contributed by atoms with Gasteiger partial charge in [0, 0.05) is 18.7 Å². The van der Waals surface area contributed by atoms with Gasteiger partial charge < -0.3 is 4.74 Å². The molecule has 2 fully saturated rings. The minimum absolute atomic E-state index is 0.0139. The molecule has 2 amide bonds. The van der Waals surface area contributed by atoms with Crippen LogP contribution in [0.5, 0.6) is 0 Å². The summed E-state index contributed by atoms with van der Waals surface area (Å²) >= 11 is 0. The number of nitrogens with zero attached hydrogens (tertiary/aromatic N) is 1. The first-order valence-corrected chi connectivity index (χ1v) is 11.5. The van der Waals surface area contributed by atoms with Crippen molar-refractivity contribution in [2.75, 3.05) is 14.2 Å². The van der Waals surface area contributed by atoms with Gasteiger partial charge in [-0.3, -0.25) is 29.4 Å². The van der Waals surface area contributed by atoms with E-state index >= 15 is 0 Å². The Morgan fingerprint density at radius 1 is 1.00 bits per heavy atom. The van der Waals surface area contributed by atoms with Crippen LogP contribution in [0.4, 0.5) is 0 Å². The number of hydrogen-bond donors (Lipinski definition) is 1. The van der Waals surface area contributed by atoms with Gasteiger partial charge in [0.1, 0.15) is 5.54 Å². The second kappa shape index (κ2) is 8.80. The van der Waals surface area contributed by atoms with Crippen molar-refractivity contribution >= 4 is 23.6 Å². The molecule has 1 N–H and O–H groups in total. The molecule has 7 heteroatoms. The Kier molecular flexibility index (Phi) is 6.16. The highest BCUT2D eigenvalue weighted by atomic mass is 16.5. The number of rotatable bonds is 6. The van der Waals surface area contributed by atoms with E-state index in [9.17, 15) is 19.2 Å². The van der Waals surface area contributed by atoms with E-state index in [2.05, 4.69) is 5.32 Å². The molecule has 2 aliphatic heterocycles. The average Bonchev–Trinajstić information content (AvgIpc) is 3.28. The van der Waals surface area contributed by atoms with Gasteiger partial charge in [0.15, 0.2) is 5.78 Å². The number of Topliss-reactive ketones (excluding diaryl/α,β-unsaturated/α-hetero) is 1. The normalized spacial score (nSPS) is 26.2. The quantitative estimate of drug-likeness (QED) is 0.402. The van der Waals surface area contributed by atoms with Gasteiger partial charge in [0.05, 0.1) is 18.9 Å². The van der Waals surface area contributed by atoms with E-state index < -0.39 is 29.4 Å². The van der Waals surface area contributed by atoms with Crippen molar-refractivity contribution in [1.82, 2.24) is 10.2 Å². The number of carbonyl (C=O) groups is 4. The number of imide groups is 1. The van der Waals surface area contributed by atoms with Crippen molar-refractivity contribution < 1.29 is 23.9 Å². The summed E-state index contributed by atoms with van der Waals surface area (Å²) in [5.74, 6) is -2.54. The summed E-state index contributed by atoms with van der Waals surface area (Å²) in [7, 11) is 2.79. The lowest BCUT2D eigenvalue weighted by atomic mass is 9.75. The summed E-state index contributed by atoms with van der Waals surface area (Å²) in [5, 5.41) is 3.39. The highest BCUT2D eigenvalue weighted by molar-refractivity contribution is 6.09. The first-order chi connectivity index (χ1) is 16.1. The molecule has 178 valence electrons. The topological polar surface area (TPSA) is 92.8 Å². The molecule has 34 heavy (non-hydrogen) atoms. The van der Waals surface area contributed by atoms with Crippen LogP contribution in [0.25, 0.3) is 11.1 Å². The van der Waals surface area contributed by atoms with Gasteiger partial charge in [0.2, 0.25) is 11.8 Å². The van der Waals surface area contributed by atoms with Crippen LogP contribution in [-0.2, 0) is 19.1 Å². The molecule has 2 aromatic rings. The van der Waals surface area contributed by atoms with E-state index in [1.807, 2.05) is 50.2 Å². The fraction of sp³-hybridized carbons (Fsp3) is 0.407. The number of carbonyl (C=O) groups excluding carboxylic acids is 4. The number of methoxy groups -OCH3 is 1. The summed E-state index contributed by atoms with van der Waals surface area (Å²) < 4.78 is 5.15. The molecule has 0 saturated carbocycles. The molecule has 7 nitrogen and oxygen atoms in total. The van der Waals surface area contributed by atoms with Crippen molar-refractivity contribution in [2.24, 2.45) is 17.8 Å². The van der Waals surface area contributed by atoms with E-state index in [-0.39, 0.29) is 23.5 Å². The van der Waals surface area contributed by atoms with Gasteiger partial charge in [0.25, 0.3) is 0 Å². The van der Waals surface area contributed by atoms with Crippen LogP contribution in [0.2, 0.25) is 0 Å². The Labute approximate surface area is 199 Å². The van der Waals surface area contributed by atoms with Gasteiger partial charge in [-0.25, -0.2) is 0 Å². The van der Waals surface area contributed by atoms with Crippen molar-refractivity contribution in [3.05, 3.63) is 59.7 Å². The molecule has 2 aromatic carbocycles. The van der Waals surface area contributed by atoms with Crippen LogP contribution in [0.1, 0.15) is 49.2 Å². The Balaban J connectivity index is 1.72. The number of esters is 1. The number of benzene rings is 2. The third-order valence-electron chi connectivity index (χ3n) is 7.05. The van der Waals surface area contributed by atoms with E-state index in [0.717, 1.165) is 21.6 Å². The lowest BCUT2D eigenvalue weighted by molar-refractivity contribution is -0.154. The summed E-state index contributed by atoms with van der Waals surface area (Å²) in [6.45, 7) is 5.49. The molecule has 2 saturated heterocycles. The number of ether oxygens (including phenoxy) is 1. The third-order valence-corrected chi connectivity index (χ3v) is 7.05. The first-order valence-electron chi connectivity index (χ1n) is 11.5. The Morgan fingerprint density at radius 2 is 1.56 bits per heavy atom. The molecule has 4 rings (SSSR count). The fourth-order valence-corrected chi connectivity index (χ4v) is 5.50. The second-order valence-corrected chi connectivity index (χ2v) is 9.68. The van der Waals surface area contributed by atoms with Crippen LogP contribution in [0, 0.1) is 17.8 Å². The maximum Gasteiger partial charge on any atom is 0.326 e. The van der Waals surface area contributed by atoms with Crippen LogP contribution in [-0.4, -0.2) is 48.2 Å².